The summed E-state index contributed by atoms with van der Waals surface area (Å²) in [6, 6.07) is 2.33. The van der Waals surface area contributed by atoms with Crippen molar-refractivity contribution in [2.45, 2.75) is 30.6 Å². The maximum absolute atomic E-state index is 13.9. The van der Waals surface area contributed by atoms with Gasteiger partial charge in [0.2, 0.25) is 10.0 Å². The average molecular weight is 307 g/mol. The van der Waals surface area contributed by atoms with Gasteiger partial charge >= 0.3 is 0 Å². The van der Waals surface area contributed by atoms with Crippen LogP contribution in [0.15, 0.2) is 17.0 Å². The molecule has 1 aliphatic heterocycles. The molecule has 1 fully saturated rings. The van der Waals surface area contributed by atoms with Crippen molar-refractivity contribution in [3.63, 3.8) is 0 Å². The molecule has 2 N–H and O–H groups in total. The second-order valence-electron chi connectivity index (χ2n) is 4.63. The van der Waals surface area contributed by atoms with Gasteiger partial charge in [-0.1, -0.05) is 24.4 Å². The first kappa shape index (κ1) is 14.6. The quantitative estimate of drug-likeness (QED) is 0.854. The molecule has 1 heterocycles. The lowest BCUT2D eigenvalue weighted by molar-refractivity contribution is 0.420. The molecule has 1 aromatic carbocycles. The highest BCUT2D eigenvalue weighted by molar-refractivity contribution is 7.89. The Bertz CT molecular complexity index is 569. The standard InChI is InChI=1S/C12H16ClFN2O2S/c13-9-7-10(15)12(14)11(8-9)19(17,18)16-5-3-1-2-4-6-16/h7-8H,1-6,15H2. The lowest BCUT2D eigenvalue weighted by atomic mass is 10.2. The fourth-order valence-corrected chi connectivity index (χ4v) is 4.12. The third-order valence-corrected chi connectivity index (χ3v) is 5.33. The molecule has 106 valence electrons. The lowest BCUT2D eigenvalue weighted by Gasteiger charge is -2.20. The fourth-order valence-electron chi connectivity index (χ4n) is 2.19. The summed E-state index contributed by atoms with van der Waals surface area (Å²) in [4.78, 5) is -0.431. The predicted octanol–water partition coefficient (Wildman–Crippen LogP) is 2.63. The first-order chi connectivity index (χ1) is 8.93. The molecule has 0 saturated carbocycles. The van der Waals surface area contributed by atoms with Gasteiger partial charge in [0.1, 0.15) is 4.90 Å². The summed E-state index contributed by atoms with van der Waals surface area (Å²) in [5, 5.41) is 0.118. The Hall–Kier alpha value is -0.850. The third kappa shape index (κ3) is 3.01. The van der Waals surface area contributed by atoms with Crippen LogP contribution in [0.3, 0.4) is 0 Å². The van der Waals surface area contributed by atoms with Crippen LogP contribution in [0, 0.1) is 5.82 Å². The molecule has 19 heavy (non-hydrogen) atoms. The van der Waals surface area contributed by atoms with Crippen molar-refractivity contribution in [1.82, 2.24) is 4.31 Å². The molecule has 2 rings (SSSR count). The number of hydrogen-bond acceptors (Lipinski definition) is 3. The Balaban J connectivity index is 2.44. The average Bonchev–Trinajstić information content (AvgIpc) is 2.62. The molecule has 0 spiro atoms. The largest absolute Gasteiger partial charge is 0.396 e. The summed E-state index contributed by atoms with van der Waals surface area (Å²) < 4.78 is 40.1. The first-order valence-corrected chi connectivity index (χ1v) is 7.99. The topological polar surface area (TPSA) is 63.4 Å². The fraction of sp³-hybridized carbons (Fsp3) is 0.500. The van der Waals surface area contributed by atoms with Gasteiger partial charge in [-0.3, -0.25) is 0 Å². The number of nitrogen functional groups attached to an aromatic ring is 1. The van der Waals surface area contributed by atoms with Crippen molar-refractivity contribution < 1.29 is 12.8 Å². The summed E-state index contributed by atoms with van der Waals surface area (Å²) in [5.74, 6) is -0.923. The van der Waals surface area contributed by atoms with E-state index in [0.717, 1.165) is 31.7 Å². The van der Waals surface area contributed by atoms with E-state index in [4.69, 9.17) is 17.3 Å². The molecule has 0 aromatic heterocycles. The van der Waals surface area contributed by atoms with Crippen LogP contribution in [-0.4, -0.2) is 25.8 Å². The van der Waals surface area contributed by atoms with E-state index in [0.29, 0.717) is 13.1 Å². The minimum atomic E-state index is -3.87. The lowest BCUT2D eigenvalue weighted by Crippen LogP contribution is -2.32. The predicted molar refractivity (Wildman–Crippen MR) is 73.0 cm³/mol. The van der Waals surface area contributed by atoms with Crippen LogP contribution in [0.1, 0.15) is 25.7 Å². The molecular formula is C12H16ClFN2O2S. The van der Waals surface area contributed by atoms with Crippen LogP contribution in [-0.2, 0) is 10.0 Å². The summed E-state index contributed by atoms with van der Waals surface area (Å²) >= 11 is 5.77. The van der Waals surface area contributed by atoms with Crippen molar-refractivity contribution in [3.8, 4) is 0 Å². The summed E-state index contributed by atoms with van der Waals surface area (Å²) in [7, 11) is -3.87. The van der Waals surface area contributed by atoms with E-state index in [1.807, 2.05) is 0 Å². The molecule has 1 aromatic rings. The number of rotatable bonds is 2. The number of nitrogens with two attached hydrogens (primary N) is 1. The van der Waals surface area contributed by atoms with Gasteiger partial charge in [-0.25, -0.2) is 12.8 Å². The highest BCUT2D eigenvalue weighted by Gasteiger charge is 2.29. The molecule has 0 aliphatic carbocycles. The molecule has 0 unspecified atom stereocenters. The zero-order valence-corrected chi connectivity index (χ0v) is 12.0. The van der Waals surface area contributed by atoms with Crippen molar-refractivity contribution in [2.75, 3.05) is 18.8 Å². The minimum absolute atomic E-state index is 0.118. The summed E-state index contributed by atoms with van der Waals surface area (Å²) in [6.07, 6.45) is 3.56. The highest BCUT2D eigenvalue weighted by atomic mass is 35.5. The van der Waals surface area contributed by atoms with E-state index in [1.165, 1.54) is 10.4 Å². The third-order valence-electron chi connectivity index (χ3n) is 3.22. The van der Waals surface area contributed by atoms with Gasteiger partial charge in [-0.15, -0.1) is 0 Å². The van der Waals surface area contributed by atoms with Gasteiger partial charge in [0, 0.05) is 18.1 Å². The van der Waals surface area contributed by atoms with E-state index in [1.54, 1.807) is 0 Å². The molecular weight excluding hydrogens is 291 g/mol. The SMILES string of the molecule is Nc1cc(Cl)cc(S(=O)(=O)N2CCCCCC2)c1F. The normalized spacial score (nSPS) is 18.2. The van der Waals surface area contributed by atoms with Crippen LogP contribution in [0.5, 0.6) is 0 Å². The number of sulfonamides is 1. The number of benzene rings is 1. The van der Waals surface area contributed by atoms with E-state index in [-0.39, 0.29) is 10.7 Å². The van der Waals surface area contributed by atoms with E-state index >= 15 is 0 Å². The zero-order valence-electron chi connectivity index (χ0n) is 10.4. The van der Waals surface area contributed by atoms with Crippen LogP contribution in [0.25, 0.3) is 0 Å². The zero-order chi connectivity index (χ0) is 14.0. The molecule has 0 atom stereocenters. The van der Waals surface area contributed by atoms with Crippen LogP contribution in [0.2, 0.25) is 5.02 Å². The Morgan fingerprint density at radius 1 is 1.16 bits per heavy atom. The van der Waals surface area contributed by atoms with Gasteiger partial charge in [-0.05, 0) is 25.0 Å². The Morgan fingerprint density at radius 2 is 1.74 bits per heavy atom. The van der Waals surface area contributed by atoms with Gasteiger partial charge in [-0.2, -0.15) is 4.31 Å². The molecule has 7 heteroatoms. The molecule has 1 saturated heterocycles. The Morgan fingerprint density at radius 3 is 2.32 bits per heavy atom. The van der Waals surface area contributed by atoms with Gasteiger partial charge in [0.15, 0.2) is 5.82 Å². The molecule has 4 nitrogen and oxygen atoms in total. The number of anilines is 1. The van der Waals surface area contributed by atoms with Crippen molar-refractivity contribution >= 4 is 27.3 Å². The summed E-state index contributed by atoms with van der Waals surface area (Å²) in [5.41, 5.74) is 5.19. The van der Waals surface area contributed by atoms with E-state index < -0.39 is 20.7 Å². The second-order valence-corrected chi connectivity index (χ2v) is 6.97. The van der Waals surface area contributed by atoms with Gasteiger partial charge in [0.25, 0.3) is 0 Å². The molecule has 0 radical (unpaired) electrons. The smallest absolute Gasteiger partial charge is 0.246 e. The maximum Gasteiger partial charge on any atom is 0.246 e. The Labute approximate surface area is 117 Å². The van der Waals surface area contributed by atoms with E-state index in [2.05, 4.69) is 0 Å². The highest BCUT2D eigenvalue weighted by Crippen LogP contribution is 2.28. The van der Waals surface area contributed by atoms with Crippen LogP contribution in [0.4, 0.5) is 10.1 Å². The van der Waals surface area contributed by atoms with Crippen molar-refractivity contribution in [1.29, 1.82) is 0 Å². The number of nitrogens with zero attached hydrogens (tertiary/aromatic N) is 1. The van der Waals surface area contributed by atoms with Crippen molar-refractivity contribution in [3.05, 3.63) is 23.0 Å². The molecule has 0 amide bonds. The van der Waals surface area contributed by atoms with Gasteiger partial charge in [0.05, 0.1) is 5.69 Å². The van der Waals surface area contributed by atoms with Crippen LogP contribution < -0.4 is 5.73 Å². The van der Waals surface area contributed by atoms with E-state index in [9.17, 15) is 12.8 Å². The van der Waals surface area contributed by atoms with Crippen molar-refractivity contribution in [2.24, 2.45) is 0 Å². The maximum atomic E-state index is 13.9. The monoisotopic (exact) mass is 306 g/mol. The second kappa shape index (κ2) is 5.64. The Kier molecular flexibility index (Phi) is 4.32. The summed E-state index contributed by atoms with van der Waals surface area (Å²) in [6.45, 7) is 0.822. The molecule has 0 bridgehead atoms. The minimum Gasteiger partial charge on any atom is -0.396 e. The number of hydrogen-bond donors (Lipinski definition) is 1. The first-order valence-electron chi connectivity index (χ1n) is 6.17. The van der Waals surface area contributed by atoms with Gasteiger partial charge < -0.3 is 5.73 Å². The number of halogens is 2. The van der Waals surface area contributed by atoms with Crippen LogP contribution >= 0.6 is 11.6 Å². The molecule has 1 aliphatic rings.